The second-order valence-corrected chi connectivity index (χ2v) is 1.40. The zero-order valence-corrected chi connectivity index (χ0v) is 4.37. The van der Waals surface area contributed by atoms with Crippen LogP contribution in [0.2, 0.25) is 0 Å². The lowest BCUT2D eigenvalue weighted by atomic mass is 10.4. The van der Waals surface area contributed by atoms with Crippen molar-refractivity contribution in [3.05, 3.63) is 0 Å². The predicted octanol–water partition coefficient (Wildman–Crippen LogP) is -0.883. The maximum Gasteiger partial charge on any atom is 0.367 e. The van der Waals surface area contributed by atoms with E-state index in [1.807, 2.05) is 0 Å². The highest BCUT2D eigenvalue weighted by molar-refractivity contribution is 6.63. The molecule has 0 spiro atoms. The molecule has 1 aliphatic rings. The van der Waals surface area contributed by atoms with E-state index in [-0.39, 0.29) is 5.71 Å². The maximum absolute atomic E-state index is 10.2. The number of urea groups is 1. The molecule has 0 aromatic carbocycles. The second kappa shape index (κ2) is 1.77. The van der Waals surface area contributed by atoms with Gasteiger partial charge >= 0.3 is 6.03 Å². The third kappa shape index (κ3) is 0.987. The van der Waals surface area contributed by atoms with E-state index in [4.69, 9.17) is 5.73 Å². The summed E-state index contributed by atoms with van der Waals surface area (Å²) in [6, 6.07) is -0.677. The number of nitrogens with zero attached hydrogens (tertiary/aromatic N) is 2. The average molecular weight is 125 g/mol. The first kappa shape index (κ1) is 5.61. The van der Waals surface area contributed by atoms with Gasteiger partial charge in [-0.2, -0.15) is 9.98 Å². The van der Waals surface area contributed by atoms with Crippen LogP contribution in [-0.4, -0.2) is 23.9 Å². The van der Waals surface area contributed by atoms with Gasteiger partial charge in [0, 0.05) is 0 Å². The molecule has 1 aliphatic heterocycles. The second-order valence-electron chi connectivity index (χ2n) is 1.40. The first-order valence-corrected chi connectivity index (χ1v) is 2.16. The largest absolute Gasteiger partial charge is 0.367 e. The minimum Gasteiger partial charge on any atom is -0.364 e. The van der Waals surface area contributed by atoms with Crippen molar-refractivity contribution in [3.63, 3.8) is 0 Å². The summed E-state index contributed by atoms with van der Waals surface area (Å²) in [5, 5.41) is 0. The number of primary amides is 1. The van der Waals surface area contributed by atoms with E-state index in [1.165, 1.54) is 0 Å². The Morgan fingerprint density at radius 2 is 2.33 bits per heavy atom. The number of rotatable bonds is 1. The Labute approximate surface area is 50.3 Å². The molecule has 5 heteroatoms. The van der Waals surface area contributed by atoms with Crippen LogP contribution < -0.4 is 5.73 Å². The number of carbonyl (C=O) groups is 2. The van der Waals surface area contributed by atoms with Crippen LogP contribution in [-0.2, 0) is 4.79 Å². The zero-order valence-electron chi connectivity index (χ0n) is 4.37. The van der Waals surface area contributed by atoms with Gasteiger partial charge in [0.1, 0.15) is 0 Å². The minimum atomic E-state index is -0.732. The molecule has 1 heterocycles. The molecule has 0 saturated carbocycles. The Hall–Kier alpha value is -1.52. The van der Waals surface area contributed by atoms with Crippen LogP contribution in [0.25, 0.3) is 0 Å². The van der Waals surface area contributed by atoms with Crippen LogP contribution in [0.4, 0.5) is 4.79 Å². The van der Waals surface area contributed by atoms with Crippen molar-refractivity contribution in [2.45, 2.75) is 0 Å². The van der Waals surface area contributed by atoms with Crippen molar-refractivity contribution < 1.29 is 9.59 Å². The first-order valence-electron chi connectivity index (χ1n) is 2.16. The lowest BCUT2D eigenvalue weighted by Gasteiger charge is -1.80. The summed E-state index contributed by atoms with van der Waals surface area (Å²) in [5.74, 6) is -0.732. The summed E-state index contributed by atoms with van der Waals surface area (Å²) in [6.45, 7) is 0. The maximum atomic E-state index is 10.2. The fourth-order valence-electron chi connectivity index (χ4n) is 0.396. The smallest absolute Gasteiger partial charge is 0.364 e. The summed E-state index contributed by atoms with van der Waals surface area (Å²) in [5.41, 5.74) is 4.66. The van der Waals surface area contributed by atoms with Crippen LogP contribution in [0, 0.1) is 0 Å². The van der Waals surface area contributed by atoms with Gasteiger partial charge in [0.2, 0.25) is 0 Å². The van der Waals surface area contributed by atoms with E-state index in [1.54, 1.807) is 0 Å². The topological polar surface area (TPSA) is 84.9 Å². The number of hydrogen-bond donors (Lipinski definition) is 1. The van der Waals surface area contributed by atoms with Crippen molar-refractivity contribution in [3.8, 4) is 0 Å². The molecule has 0 aromatic rings. The molecular formula is C4H3N3O2. The standard InChI is InChI=1S/C4H3N3O2/c5-3(8)2-1-6-4(9)7-2/h1H,(H2,5,8). The van der Waals surface area contributed by atoms with E-state index in [2.05, 4.69) is 9.98 Å². The summed E-state index contributed by atoms with van der Waals surface area (Å²) in [6.07, 6.45) is 1.05. The molecule has 9 heavy (non-hydrogen) atoms. The van der Waals surface area contributed by atoms with Crippen molar-refractivity contribution >= 4 is 23.9 Å². The van der Waals surface area contributed by atoms with Gasteiger partial charge in [0.25, 0.3) is 5.91 Å². The summed E-state index contributed by atoms with van der Waals surface area (Å²) in [4.78, 5) is 26.7. The highest BCUT2D eigenvalue weighted by Gasteiger charge is 2.11. The molecule has 0 radical (unpaired) electrons. The van der Waals surface area contributed by atoms with Gasteiger partial charge in [0.05, 0.1) is 6.21 Å². The first-order chi connectivity index (χ1) is 4.20. The van der Waals surface area contributed by atoms with Gasteiger partial charge in [-0.15, -0.1) is 0 Å². The van der Waals surface area contributed by atoms with Gasteiger partial charge in [-0.1, -0.05) is 0 Å². The third-order valence-electron chi connectivity index (χ3n) is 0.766. The highest BCUT2D eigenvalue weighted by atomic mass is 16.2. The summed E-state index contributed by atoms with van der Waals surface area (Å²) in [7, 11) is 0. The Bertz CT molecular complexity index is 228. The Morgan fingerprint density at radius 1 is 1.67 bits per heavy atom. The van der Waals surface area contributed by atoms with E-state index >= 15 is 0 Å². The Kier molecular flexibility index (Phi) is 1.11. The zero-order chi connectivity index (χ0) is 6.85. The Balaban J connectivity index is 2.88. The molecule has 1 rings (SSSR count). The normalized spacial score (nSPS) is 16.0. The monoisotopic (exact) mass is 125 g/mol. The predicted molar refractivity (Wildman–Crippen MR) is 30.5 cm³/mol. The van der Waals surface area contributed by atoms with Crippen LogP contribution in [0.3, 0.4) is 0 Å². The van der Waals surface area contributed by atoms with Gasteiger partial charge in [0.15, 0.2) is 5.71 Å². The Morgan fingerprint density at radius 3 is 2.56 bits per heavy atom. The molecule has 0 aliphatic carbocycles. The third-order valence-corrected chi connectivity index (χ3v) is 0.766. The number of hydrogen-bond acceptors (Lipinski definition) is 2. The fraction of sp³-hybridized carbons (Fsp3) is 0. The number of aliphatic imine (C=N–C) groups is 2. The van der Waals surface area contributed by atoms with Gasteiger partial charge in [-0.3, -0.25) is 4.79 Å². The van der Waals surface area contributed by atoms with Crippen LogP contribution in [0.1, 0.15) is 0 Å². The van der Waals surface area contributed by atoms with Crippen molar-refractivity contribution in [1.82, 2.24) is 0 Å². The molecule has 0 saturated heterocycles. The highest BCUT2D eigenvalue weighted by Crippen LogP contribution is 1.90. The van der Waals surface area contributed by atoms with Crippen LogP contribution in [0.5, 0.6) is 0 Å². The molecule has 0 atom stereocenters. The number of amides is 3. The summed E-state index contributed by atoms with van der Waals surface area (Å²) < 4.78 is 0. The molecule has 0 bridgehead atoms. The molecule has 0 fully saturated rings. The SMILES string of the molecule is NC(=O)C1=NC(=O)N=C1. The molecule has 0 aromatic heterocycles. The summed E-state index contributed by atoms with van der Waals surface area (Å²) >= 11 is 0. The molecule has 0 unspecified atom stereocenters. The van der Waals surface area contributed by atoms with Crippen LogP contribution >= 0.6 is 0 Å². The van der Waals surface area contributed by atoms with Gasteiger partial charge in [-0.25, -0.2) is 4.79 Å². The van der Waals surface area contributed by atoms with Gasteiger partial charge in [-0.05, 0) is 0 Å². The van der Waals surface area contributed by atoms with E-state index in [0.29, 0.717) is 0 Å². The van der Waals surface area contributed by atoms with Crippen molar-refractivity contribution in [2.75, 3.05) is 0 Å². The molecule has 5 nitrogen and oxygen atoms in total. The molecule has 3 amide bonds. The van der Waals surface area contributed by atoms with Crippen molar-refractivity contribution in [1.29, 1.82) is 0 Å². The minimum absolute atomic E-state index is 0.0833. The fourth-order valence-corrected chi connectivity index (χ4v) is 0.396. The van der Waals surface area contributed by atoms with E-state index in [9.17, 15) is 9.59 Å². The molecular weight excluding hydrogens is 122 g/mol. The quantitative estimate of drug-likeness (QED) is 0.493. The average Bonchev–Trinajstić information content (AvgIpc) is 2.14. The van der Waals surface area contributed by atoms with E-state index in [0.717, 1.165) is 6.21 Å². The molecule has 2 N–H and O–H groups in total. The van der Waals surface area contributed by atoms with Crippen molar-refractivity contribution in [2.24, 2.45) is 15.7 Å². The lowest BCUT2D eigenvalue weighted by Crippen LogP contribution is -2.22. The van der Waals surface area contributed by atoms with E-state index < -0.39 is 11.9 Å². The number of nitrogens with two attached hydrogens (primary N) is 1. The van der Waals surface area contributed by atoms with Gasteiger partial charge < -0.3 is 5.73 Å². The van der Waals surface area contributed by atoms with Crippen LogP contribution in [0.15, 0.2) is 9.98 Å². The number of carbonyl (C=O) groups excluding carboxylic acids is 2. The molecule has 46 valence electrons. The lowest BCUT2D eigenvalue weighted by molar-refractivity contribution is -0.111.